The van der Waals surface area contributed by atoms with Crippen LogP contribution in [0.15, 0.2) is 35.1 Å². The standard InChI is InChI=1S/C11H12N4O2/c1-7(12)10(16)14-9-4-2-3-8(5-9)11-15-13-6-17-11/h2-7H,12H2,1H3,(H,14,16)/t7-/m1/s1. The van der Waals surface area contributed by atoms with E-state index >= 15 is 0 Å². The molecule has 6 nitrogen and oxygen atoms in total. The molecule has 1 atom stereocenters. The fourth-order valence-corrected chi connectivity index (χ4v) is 1.28. The molecule has 2 aromatic rings. The van der Waals surface area contributed by atoms with E-state index < -0.39 is 6.04 Å². The lowest BCUT2D eigenvalue weighted by Crippen LogP contribution is -2.32. The van der Waals surface area contributed by atoms with E-state index in [9.17, 15) is 4.79 Å². The molecule has 0 bridgehead atoms. The van der Waals surface area contributed by atoms with Gasteiger partial charge in [-0.1, -0.05) is 6.07 Å². The molecule has 0 unspecified atom stereocenters. The minimum absolute atomic E-state index is 0.243. The van der Waals surface area contributed by atoms with Gasteiger partial charge in [-0.2, -0.15) is 0 Å². The summed E-state index contributed by atoms with van der Waals surface area (Å²) in [6.07, 6.45) is 1.25. The van der Waals surface area contributed by atoms with Crippen molar-refractivity contribution in [3.05, 3.63) is 30.7 Å². The molecule has 3 N–H and O–H groups in total. The molecule has 0 aliphatic rings. The second kappa shape index (κ2) is 4.75. The third kappa shape index (κ3) is 2.67. The Bertz CT molecular complexity index is 508. The third-order valence-corrected chi connectivity index (χ3v) is 2.15. The number of nitrogens with two attached hydrogens (primary N) is 1. The van der Waals surface area contributed by atoms with Gasteiger partial charge in [-0.3, -0.25) is 4.79 Å². The van der Waals surface area contributed by atoms with Crippen LogP contribution in [0, 0.1) is 0 Å². The Balaban J connectivity index is 2.20. The Kier molecular flexibility index (Phi) is 3.15. The predicted octanol–water partition coefficient (Wildman–Crippen LogP) is 1.02. The van der Waals surface area contributed by atoms with Crippen molar-refractivity contribution in [3.63, 3.8) is 0 Å². The summed E-state index contributed by atoms with van der Waals surface area (Å²) in [7, 11) is 0. The first-order valence-corrected chi connectivity index (χ1v) is 5.10. The SMILES string of the molecule is C[C@@H](N)C(=O)Nc1cccc(-c2nnco2)c1. The highest BCUT2D eigenvalue weighted by atomic mass is 16.4. The third-order valence-electron chi connectivity index (χ3n) is 2.15. The maximum absolute atomic E-state index is 11.4. The minimum Gasteiger partial charge on any atom is -0.423 e. The zero-order valence-corrected chi connectivity index (χ0v) is 9.25. The average molecular weight is 232 g/mol. The highest BCUT2D eigenvalue weighted by Crippen LogP contribution is 2.20. The van der Waals surface area contributed by atoms with Crippen LogP contribution in [-0.2, 0) is 4.79 Å². The fourth-order valence-electron chi connectivity index (χ4n) is 1.28. The number of hydrogen-bond donors (Lipinski definition) is 2. The minimum atomic E-state index is -0.554. The second-order valence-electron chi connectivity index (χ2n) is 3.60. The highest BCUT2D eigenvalue weighted by Gasteiger charge is 2.09. The van der Waals surface area contributed by atoms with Crippen molar-refractivity contribution < 1.29 is 9.21 Å². The number of amides is 1. The first-order valence-electron chi connectivity index (χ1n) is 5.10. The van der Waals surface area contributed by atoms with Gasteiger partial charge in [0, 0.05) is 11.3 Å². The van der Waals surface area contributed by atoms with Crippen molar-refractivity contribution in [1.82, 2.24) is 10.2 Å². The normalized spacial score (nSPS) is 12.1. The molecule has 6 heteroatoms. The van der Waals surface area contributed by atoms with Crippen LogP contribution < -0.4 is 11.1 Å². The van der Waals surface area contributed by atoms with Gasteiger partial charge < -0.3 is 15.5 Å². The van der Waals surface area contributed by atoms with E-state index in [1.807, 2.05) is 6.07 Å². The van der Waals surface area contributed by atoms with E-state index in [-0.39, 0.29) is 5.91 Å². The summed E-state index contributed by atoms with van der Waals surface area (Å²) in [6, 6.07) is 6.56. The molecule has 1 aromatic carbocycles. The summed E-state index contributed by atoms with van der Waals surface area (Å²) in [4.78, 5) is 11.4. The molecule has 0 saturated heterocycles. The lowest BCUT2D eigenvalue weighted by molar-refractivity contribution is -0.117. The predicted molar refractivity (Wildman–Crippen MR) is 62.0 cm³/mol. The maximum atomic E-state index is 11.4. The lowest BCUT2D eigenvalue weighted by Gasteiger charge is -2.08. The number of aromatic nitrogens is 2. The van der Waals surface area contributed by atoms with Gasteiger partial charge in [0.1, 0.15) is 0 Å². The summed E-state index contributed by atoms with van der Waals surface area (Å²) < 4.78 is 5.07. The molecule has 0 saturated carbocycles. The van der Waals surface area contributed by atoms with Crippen LogP contribution in [-0.4, -0.2) is 22.1 Å². The first-order chi connectivity index (χ1) is 8.16. The van der Waals surface area contributed by atoms with Crippen LogP contribution in [0.2, 0.25) is 0 Å². The van der Waals surface area contributed by atoms with E-state index in [0.717, 1.165) is 5.56 Å². The van der Waals surface area contributed by atoms with E-state index in [1.54, 1.807) is 25.1 Å². The van der Waals surface area contributed by atoms with E-state index in [4.69, 9.17) is 10.2 Å². The van der Waals surface area contributed by atoms with Crippen molar-refractivity contribution in [2.24, 2.45) is 5.73 Å². The van der Waals surface area contributed by atoms with E-state index in [0.29, 0.717) is 11.6 Å². The summed E-state index contributed by atoms with van der Waals surface area (Å²) in [5.74, 6) is 0.162. The first kappa shape index (κ1) is 11.3. The maximum Gasteiger partial charge on any atom is 0.247 e. The van der Waals surface area contributed by atoms with Gasteiger partial charge in [-0.15, -0.1) is 10.2 Å². The molecular formula is C11H12N4O2. The average Bonchev–Trinajstić information content (AvgIpc) is 2.82. The van der Waals surface area contributed by atoms with Crippen LogP contribution in [0.3, 0.4) is 0 Å². The van der Waals surface area contributed by atoms with Crippen molar-refractivity contribution >= 4 is 11.6 Å². The van der Waals surface area contributed by atoms with Crippen LogP contribution in [0.1, 0.15) is 6.92 Å². The van der Waals surface area contributed by atoms with Gasteiger partial charge in [0.15, 0.2) is 0 Å². The number of hydrogen-bond acceptors (Lipinski definition) is 5. The number of benzene rings is 1. The molecule has 0 radical (unpaired) electrons. The fraction of sp³-hybridized carbons (Fsp3) is 0.182. The number of carbonyl (C=O) groups is 1. The van der Waals surface area contributed by atoms with Gasteiger partial charge in [-0.05, 0) is 25.1 Å². The summed E-state index contributed by atoms with van der Waals surface area (Å²) in [5.41, 5.74) is 6.85. The van der Waals surface area contributed by atoms with Gasteiger partial charge in [0.05, 0.1) is 6.04 Å². The highest BCUT2D eigenvalue weighted by molar-refractivity contribution is 5.94. The monoisotopic (exact) mass is 232 g/mol. The Hall–Kier alpha value is -2.21. The van der Waals surface area contributed by atoms with Crippen LogP contribution in [0.25, 0.3) is 11.5 Å². The van der Waals surface area contributed by atoms with Gasteiger partial charge in [0.25, 0.3) is 0 Å². The lowest BCUT2D eigenvalue weighted by atomic mass is 10.2. The van der Waals surface area contributed by atoms with Crippen molar-refractivity contribution in [2.75, 3.05) is 5.32 Å². The second-order valence-corrected chi connectivity index (χ2v) is 3.60. The number of carbonyl (C=O) groups excluding carboxylic acids is 1. The molecule has 0 aliphatic carbocycles. The number of nitrogens with zero attached hydrogens (tertiary/aromatic N) is 2. The van der Waals surface area contributed by atoms with Crippen LogP contribution in [0.4, 0.5) is 5.69 Å². The Morgan fingerprint density at radius 3 is 3.00 bits per heavy atom. The molecule has 1 amide bonds. The molecule has 88 valence electrons. The Labute approximate surface area is 97.8 Å². The molecule has 1 aromatic heterocycles. The zero-order chi connectivity index (χ0) is 12.3. The van der Waals surface area contributed by atoms with Crippen molar-refractivity contribution in [3.8, 4) is 11.5 Å². The molecule has 0 aliphatic heterocycles. The Morgan fingerprint density at radius 2 is 2.35 bits per heavy atom. The quantitative estimate of drug-likeness (QED) is 0.824. The number of rotatable bonds is 3. The summed E-state index contributed by atoms with van der Waals surface area (Å²) in [5, 5.41) is 10.1. The van der Waals surface area contributed by atoms with Gasteiger partial charge in [-0.25, -0.2) is 0 Å². The smallest absolute Gasteiger partial charge is 0.247 e. The zero-order valence-electron chi connectivity index (χ0n) is 9.25. The molecule has 0 fully saturated rings. The molecule has 2 rings (SSSR count). The van der Waals surface area contributed by atoms with Crippen molar-refractivity contribution in [1.29, 1.82) is 0 Å². The largest absolute Gasteiger partial charge is 0.423 e. The van der Waals surface area contributed by atoms with Crippen LogP contribution in [0.5, 0.6) is 0 Å². The summed E-state index contributed by atoms with van der Waals surface area (Å²) in [6.45, 7) is 1.62. The van der Waals surface area contributed by atoms with Crippen molar-refractivity contribution in [2.45, 2.75) is 13.0 Å². The van der Waals surface area contributed by atoms with Gasteiger partial charge in [0.2, 0.25) is 18.2 Å². The number of anilines is 1. The van der Waals surface area contributed by atoms with E-state index in [1.165, 1.54) is 6.39 Å². The van der Waals surface area contributed by atoms with E-state index in [2.05, 4.69) is 15.5 Å². The number of nitrogens with one attached hydrogen (secondary N) is 1. The topological polar surface area (TPSA) is 94.0 Å². The molecule has 1 heterocycles. The summed E-state index contributed by atoms with van der Waals surface area (Å²) >= 11 is 0. The van der Waals surface area contributed by atoms with Crippen LogP contribution >= 0.6 is 0 Å². The Morgan fingerprint density at radius 1 is 1.53 bits per heavy atom. The molecule has 17 heavy (non-hydrogen) atoms. The molecular weight excluding hydrogens is 220 g/mol. The molecule has 0 spiro atoms. The van der Waals surface area contributed by atoms with Gasteiger partial charge >= 0.3 is 0 Å².